The lowest BCUT2D eigenvalue weighted by molar-refractivity contribution is -0.0660. The van der Waals surface area contributed by atoms with E-state index in [4.69, 9.17) is 9.47 Å². The molecule has 3 rings (SSSR count). The zero-order valence-corrected chi connectivity index (χ0v) is 15.5. The Labute approximate surface area is 152 Å². The average Bonchev–Trinajstić information content (AvgIpc) is 2.86. The van der Waals surface area contributed by atoms with Gasteiger partial charge in [-0.2, -0.15) is 0 Å². The van der Waals surface area contributed by atoms with Gasteiger partial charge in [-0.05, 0) is 44.7 Å². The van der Waals surface area contributed by atoms with Gasteiger partial charge in [0.25, 0.3) is 0 Å². The highest BCUT2D eigenvalue weighted by Gasteiger charge is 2.25. The van der Waals surface area contributed by atoms with E-state index < -0.39 is 6.10 Å². The number of ether oxygens (including phenoxy) is 2. The topological polar surface area (TPSA) is 41.9 Å². The molecular weight excluding hydrogens is 314 g/mol. The van der Waals surface area contributed by atoms with Crippen LogP contribution in [0.5, 0.6) is 0 Å². The molecule has 140 valence electrons. The summed E-state index contributed by atoms with van der Waals surface area (Å²) in [6.45, 7) is 5.90. The van der Waals surface area contributed by atoms with Gasteiger partial charge in [0.15, 0.2) is 0 Å². The molecule has 0 radical (unpaired) electrons. The van der Waals surface area contributed by atoms with Crippen LogP contribution < -0.4 is 0 Å². The van der Waals surface area contributed by atoms with Crippen LogP contribution in [0.25, 0.3) is 0 Å². The summed E-state index contributed by atoms with van der Waals surface area (Å²) in [4.78, 5) is 2.47. The molecule has 0 aliphatic carbocycles. The predicted molar refractivity (Wildman–Crippen MR) is 99.8 cm³/mol. The molecule has 0 aromatic heterocycles. The molecular formula is C21H33NO3. The largest absolute Gasteiger partial charge is 0.389 e. The van der Waals surface area contributed by atoms with E-state index in [0.717, 1.165) is 32.6 Å². The minimum Gasteiger partial charge on any atom is -0.389 e. The number of nitrogens with zero attached hydrogens (tertiary/aromatic N) is 1. The number of likely N-dealkylation sites (tertiary alicyclic amines) is 1. The minimum absolute atomic E-state index is 0.250. The predicted octanol–water partition coefficient (Wildman–Crippen LogP) is 3.47. The van der Waals surface area contributed by atoms with Crippen LogP contribution in [0.3, 0.4) is 0 Å². The number of hydrogen-bond acceptors (Lipinski definition) is 4. The van der Waals surface area contributed by atoms with Crippen LogP contribution in [0.1, 0.15) is 55.7 Å². The van der Waals surface area contributed by atoms with Crippen LogP contribution in [0.15, 0.2) is 24.3 Å². The van der Waals surface area contributed by atoms with Crippen molar-refractivity contribution >= 4 is 0 Å². The second-order valence-corrected chi connectivity index (χ2v) is 7.57. The Morgan fingerprint density at radius 2 is 2.04 bits per heavy atom. The highest BCUT2D eigenvalue weighted by Crippen LogP contribution is 2.30. The van der Waals surface area contributed by atoms with E-state index in [1.165, 1.54) is 36.8 Å². The number of β-amino-alcohol motifs (C(OH)–C–C–N with tert-alkyl or cyclic N) is 1. The number of hydrogen-bond donors (Lipinski definition) is 1. The third kappa shape index (κ3) is 5.78. The van der Waals surface area contributed by atoms with Crippen molar-refractivity contribution in [2.24, 2.45) is 0 Å². The summed E-state index contributed by atoms with van der Waals surface area (Å²) in [7, 11) is 0. The van der Waals surface area contributed by atoms with E-state index in [9.17, 15) is 5.11 Å². The Balaban J connectivity index is 1.57. The lowest BCUT2D eigenvalue weighted by atomic mass is 9.99. The van der Waals surface area contributed by atoms with Gasteiger partial charge in [-0.3, -0.25) is 4.90 Å². The lowest BCUT2D eigenvalue weighted by Gasteiger charge is -2.32. The maximum absolute atomic E-state index is 10.5. The Bertz CT molecular complexity index is 516. The fourth-order valence-corrected chi connectivity index (χ4v) is 4.05. The second-order valence-electron chi connectivity index (χ2n) is 7.57. The average molecular weight is 347 g/mol. The first-order valence-electron chi connectivity index (χ1n) is 9.90. The zero-order chi connectivity index (χ0) is 17.5. The Hall–Kier alpha value is -0.940. The number of aryl methyl sites for hydroxylation is 1. The highest BCUT2D eigenvalue weighted by molar-refractivity contribution is 5.25. The van der Waals surface area contributed by atoms with Crippen molar-refractivity contribution < 1.29 is 14.6 Å². The number of aliphatic hydroxyl groups excluding tert-OH is 1. The van der Waals surface area contributed by atoms with Gasteiger partial charge in [-0.1, -0.05) is 42.7 Å². The second kappa shape index (κ2) is 9.67. The van der Waals surface area contributed by atoms with Crippen molar-refractivity contribution in [3.63, 3.8) is 0 Å². The molecule has 2 atom stereocenters. The summed E-state index contributed by atoms with van der Waals surface area (Å²) in [6, 6.07) is 9.26. The molecule has 0 spiro atoms. The lowest BCUT2D eigenvalue weighted by Crippen LogP contribution is -2.38. The summed E-state index contributed by atoms with van der Waals surface area (Å²) < 4.78 is 11.3. The van der Waals surface area contributed by atoms with Gasteiger partial charge in [0.1, 0.15) is 0 Å². The molecule has 1 aromatic carbocycles. The summed E-state index contributed by atoms with van der Waals surface area (Å²) in [5.41, 5.74) is 2.70. The van der Waals surface area contributed by atoms with Crippen LogP contribution >= 0.6 is 0 Å². The van der Waals surface area contributed by atoms with Gasteiger partial charge in [0.05, 0.1) is 18.8 Å². The van der Waals surface area contributed by atoms with E-state index in [2.05, 4.69) is 36.1 Å². The highest BCUT2D eigenvalue weighted by atomic mass is 16.5. The summed E-state index contributed by atoms with van der Waals surface area (Å²) in [5, 5.41) is 10.5. The van der Waals surface area contributed by atoms with Crippen LogP contribution in [-0.4, -0.2) is 55.1 Å². The molecule has 0 saturated carbocycles. The van der Waals surface area contributed by atoms with Crippen LogP contribution in [0.4, 0.5) is 0 Å². The number of aliphatic hydroxyl groups is 1. The molecule has 25 heavy (non-hydrogen) atoms. The molecule has 2 unspecified atom stereocenters. The smallest absolute Gasteiger partial charge is 0.0900 e. The van der Waals surface area contributed by atoms with E-state index >= 15 is 0 Å². The Kier molecular flexibility index (Phi) is 7.29. The van der Waals surface area contributed by atoms with Gasteiger partial charge < -0.3 is 14.6 Å². The van der Waals surface area contributed by atoms with Crippen LogP contribution in [-0.2, 0) is 9.47 Å². The standard InChI is InChI=1S/C21H33NO3/c1-17-6-5-7-18(14-17)21-8-3-2-4-11-22(21)15-19(23)16-25-20-9-12-24-13-10-20/h5-7,14,19-21,23H,2-4,8-13,15-16H2,1H3. The van der Waals surface area contributed by atoms with Crippen molar-refractivity contribution in [3.05, 3.63) is 35.4 Å². The fraction of sp³-hybridized carbons (Fsp3) is 0.714. The fourth-order valence-electron chi connectivity index (χ4n) is 4.05. The number of rotatable bonds is 6. The first-order valence-corrected chi connectivity index (χ1v) is 9.90. The van der Waals surface area contributed by atoms with E-state index in [1.54, 1.807) is 0 Å². The van der Waals surface area contributed by atoms with Crippen LogP contribution in [0.2, 0.25) is 0 Å². The third-order valence-corrected chi connectivity index (χ3v) is 5.43. The van der Waals surface area contributed by atoms with Crippen molar-refractivity contribution in [1.82, 2.24) is 4.90 Å². The zero-order valence-electron chi connectivity index (χ0n) is 15.5. The van der Waals surface area contributed by atoms with E-state index in [1.807, 2.05) is 0 Å². The van der Waals surface area contributed by atoms with Crippen molar-refractivity contribution in [1.29, 1.82) is 0 Å². The molecule has 4 heteroatoms. The quantitative estimate of drug-likeness (QED) is 0.856. The molecule has 2 saturated heterocycles. The third-order valence-electron chi connectivity index (χ3n) is 5.43. The van der Waals surface area contributed by atoms with Gasteiger partial charge >= 0.3 is 0 Å². The molecule has 0 bridgehead atoms. The first kappa shape index (κ1) is 18.8. The molecule has 2 aliphatic rings. The van der Waals surface area contributed by atoms with Gasteiger partial charge in [0, 0.05) is 25.8 Å². The van der Waals surface area contributed by atoms with Gasteiger partial charge in [-0.15, -0.1) is 0 Å². The van der Waals surface area contributed by atoms with Crippen molar-refractivity contribution in [2.75, 3.05) is 32.9 Å². The monoisotopic (exact) mass is 347 g/mol. The Morgan fingerprint density at radius 1 is 1.20 bits per heavy atom. The summed E-state index contributed by atoms with van der Waals surface area (Å²) in [5.74, 6) is 0. The molecule has 1 aromatic rings. The minimum atomic E-state index is -0.423. The molecule has 0 amide bonds. The van der Waals surface area contributed by atoms with Gasteiger partial charge in [-0.25, -0.2) is 0 Å². The van der Waals surface area contributed by atoms with Crippen molar-refractivity contribution in [3.8, 4) is 0 Å². The molecule has 4 nitrogen and oxygen atoms in total. The van der Waals surface area contributed by atoms with Gasteiger partial charge in [0.2, 0.25) is 0 Å². The summed E-state index contributed by atoms with van der Waals surface area (Å²) >= 11 is 0. The number of benzene rings is 1. The van der Waals surface area contributed by atoms with E-state index in [0.29, 0.717) is 19.2 Å². The maximum atomic E-state index is 10.5. The van der Waals surface area contributed by atoms with Crippen LogP contribution in [0, 0.1) is 6.92 Å². The normalized spacial score (nSPS) is 24.8. The Morgan fingerprint density at radius 3 is 2.84 bits per heavy atom. The SMILES string of the molecule is Cc1cccc(C2CCCCCN2CC(O)COC2CCOCC2)c1. The summed E-state index contributed by atoms with van der Waals surface area (Å²) in [6.07, 6.45) is 6.67. The molecule has 2 fully saturated rings. The maximum Gasteiger partial charge on any atom is 0.0900 e. The molecule has 2 heterocycles. The molecule has 1 N–H and O–H groups in total. The van der Waals surface area contributed by atoms with E-state index in [-0.39, 0.29) is 6.10 Å². The molecule has 2 aliphatic heterocycles. The first-order chi connectivity index (χ1) is 12.2. The van der Waals surface area contributed by atoms with Crippen molar-refractivity contribution in [2.45, 2.75) is 63.7 Å².